The molecular weight excluding hydrogens is 236 g/mol. The Morgan fingerprint density at radius 2 is 1.53 bits per heavy atom. The normalized spacial score (nSPS) is 11.5. The Hall–Kier alpha value is -1.51. The maximum atomic E-state index is 12.0. The van der Waals surface area contributed by atoms with E-state index in [0.717, 1.165) is 24.2 Å². The molecule has 1 aromatic rings. The molecule has 3 heteroatoms. The second-order valence-corrected chi connectivity index (χ2v) is 5.96. The third-order valence-electron chi connectivity index (χ3n) is 3.03. The van der Waals surface area contributed by atoms with Gasteiger partial charge >= 0.3 is 0 Å². The molecule has 1 amide bonds. The highest BCUT2D eigenvalue weighted by atomic mass is 16.1. The molecule has 0 fully saturated rings. The number of nitrogens with one attached hydrogen (secondary N) is 2. The molecular formula is C16H26N2O. The molecule has 1 rings (SSSR count). The molecule has 1 aromatic carbocycles. The number of hydrogen-bond acceptors (Lipinski definition) is 2. The summed E-state index contributed by atoms with van der Waals surface area (Å²) in [7, 11) is 0. The van der Waals surface area contributed by atoms with E-state index in [-0.39, 0.29) is 17.4 Å². The molecule has 0 unspecified atom stereocenters. The number of benzene rings is 1. The molecule has 0 aliphatic rings. The van der Waals surface area contributed by atoms with Gasteiger partial charge in [-0.15, -0.1) is 0 Å². The number of rotatable bonds is 5. The van der Waals surface area contributed by atoms with Crippen molar-refractivity contribution in [1.82, 2.24) is 0 Å². The number of hydrogen-bond donors (Lipinski definition) is 2. The molecule has 0 bridgehead atoms. The molecule has 0 radical (unpaired) electrons. The largest absolute Gasteiger partial charge is 0.380 e. The van der Waals surface area contributed by atoms with E-state index in [1.165, 1.54) is 0 Å². The standard InChI is InChI=1S/C16H26N2O/c1-6-12(7-2)15(19)17-13-8-10-14(11-9-13)18-16(3,4)5/h8-12,18H,6-7H2,1-5H3,(H,17,19). The van der Waals surface area contributed by atoms with E-state index in [1.54, 1.807) is 0 Å². The topological polar surface area (TPSA) is 41.1 Å². The first-order valence-corrected chi connectivity index (χ1v) is 7.04. The van der Waals surface area contributed by atoms with E-state index >= 15 is 0 Å². The highest BCUT2D eigenvalue weighted by Gasteiger charge is 2.14. The molecule has 0 heterocycles. The summed E-state index contributed by atoms with van der Waals surface area (Å²) in [4.78, 5) is 12.0. The SMILES string of the molecule is CCC(CC)C(=O)Nc1ccc(NC(C)(C)C)cc1. The van der Waals surface area contributed by atoms with E-state index in [0.29, 0.717) is 0 Å². The van der Waals surface area contributed by atoms with Crippen molar-refractivity contribution in [2.24, 2.45) is 5.92 Å². The fourth-order valence-corrected chi connectivity index (χ4v) is 1.97. The molecule has 106 valence electrons. The van der Waals surface area contributed by atoms with E-state index in [2.05, 4.69) is 31.4 Å². The Morgan fingerprint density at radius 1 is 1.05 bits per heavy atom. The van der Waals surface area contributed by atoms with Gasteiger partial charge in [0, 0.05) is 22.8 Å². The molecule has 0 aromatic heterocycles. The zero-order valence-electron chi connectivity index (χ0n) is 12.7. The minimum absolute atomic E-state index is 0.0419. The van der Waals surface area contributed by atoms with E-state index < -0.39 is 0 Å². The smallest absolute Gasteiger partial charge is 0.227 e. The summed E-state index contributed by atoms with van der Waals surface area (Å²) >= 11 is 0. The van der Waals surface area contributed by atoms with Crippen LogP contribution in [0.5, 0.6) is 0 Å². The van der Waals surface area contributed by atoms with E-state index in [1.807, 2.05) is 38.1 Å². The van der Waals surface area contributed by atoms with Crippen LogP contribution in [-0.2, 0) is 4.79 Å². The fourth-order valence-electron chi connectivity index (χ4n) is 1.97. The van der Waals surface area contributed by atoms with Crippen LogP contribution in [0.3, 0.4) is 0 Å². The zero-order chi connectivity index (χ0) is 14.5. The first-order valence-electron chi connectivity index (χ1n) is 7.04. The Labute approximate surface area is 116 Å². The molecule has 2 N–H and O–H groups in total. The van der Waals surface area contributed by atoms with Gasteiger partial charge in [0.1, 0.15) is 0 Å². The molecule has 0 saturated heterocycles. The molecule has 3 nitrogen and oxygen atoms in total. The Bertz CT molecular complexity index is 400. The molecule has 0 aliphatic heterocycles. The van der Waals surface area contributed by atoms with Crippen molar-refractivity contribution in [3.63, 3.8) is 0 Å². The first-order chi connectivity index (χ1) is 8.85. The lowest BCUT2D eigenvalue weighted by Crippen LogP contribution is -2.26. The van der Waals surface area contributed by atoms with Crippen LogP contribution in [0.25, 0.3) is 0 Å². The van der Waals surface area contributed by atoms with Crippen LogP contribution in [0.2, 0.25) is 0 Å². The zero-order valence-corrected chi connectivity index (χ0v) is 12.7. The van der Waals surface area contributed by atoms with Crippen LogP contribution in [0.15, 0.2) is 24.3 Å². The predicted octanol–water partition coefficient (Wildman–Crippen LogP) is 4.27. The van der Waals surface area contributed by atoms with Crippen molar-refractivity contribution < 1.29 is 4.79 Å². The van der Waals surface area contributed by atoms with Gasteiger partial charge in [0.25, 0.3) is 0 Å². The van der Waals surface area contributed by atoms with Gasteiger partial charge in [-0.3, -0.25) is 4.79 Å². The lowest BCUT2D eigenvalue weighted by molar-refractivity contribution is -0.120. The number of carbonyl (C=O) groups is 1. The van der Waals surface area contributed by atoms with Crippen molar-refractivity contribution in [2.45, 2.75) is 53.0 Å². The van der Waals surface area contributed by atoms with Gasteiger partial charge in [0.15, 0.2) is 0 Å². The lowest BCUT2D eigenvalue weighted by atomic mass is 10.0. The average Bonchev–Trinajstić information content (AvgIpc) is 2.31. The van der Waals surface area contributed by atoms with Crippen molar-refractivity contribution in [3.8, 4) is 0 Å². The Balaban J connectivity index is 2.64. The maximum Gasteiger partial charge on any atom is 0.227 e. The lowest BCUT2D eigenvalue weighted by Gasteiger charge is -2.22. The summed E-state index contributed by atoms with van der Waals surface area (Å²) in [6.45, 7) is 10.5. The Kier molecular flexibility index (Phi) is 5.40. The second-order valence-electron chi connectivity index (χ2n) is 5.96. The maximum absolute atomic E-state index is 12.0. The molecule has 0 atom stereocenters. The molecule has 0 spiro atoms. The van der Waals surface area contributed by atoms with Gasteiger partial charge < -0.3 is 10.6 Å². The third kappa shape index (κ3) is 5.33. The van der Waals surface area contributed by atoms with E-state index in [4.69, 9.17) is 0 Å². The minimum Gasteiger partial charge on any atom is -0.380 e. The van der Waals surface area contributed by atoms with Crippen LogP contribution >= 0.6 is 0 Å². The fraction of sp³-hybridized carbons (Fsp3) is 0.562. The summed E-state index contributed by atoms with van der Waals surface area (Å²) in [6.07, 6.45) is 1.76. The molecule has 19 heavy (non-hydrogen) atoms. The predicted molar refractivity (Wildman–Crippen MR) is 82.5 cm³/mol. The number of amides is 1. The quantitative estimate of drug-likeness (QED) is 0.832. The van der Waals surface area contributed by atoms with Gasteiger partial charge in [-0.2, -0.15) is 0 Å². The van der Waals surface area contributed by atoms with Crippen LogP contribution in [0.1, 0.15) is 47.5 Å². The van der Waals surface area contributed by atoms with Crippen LogP contribution in [-0.4, -0.2) is 11.4 Å². The van der Waals surface area contributed by atoms with Crippen LogP contribution in [0, 0.1) is 5.92 Å². The van der Waals surface area contributed by atoms with Crippen LogP contribution in [0.4, 0.5) is 11.4 Å². The van der Waals surface area contributed by atoms with Crippen molar-refractivity contribution >= 4 is 17.3 Å². The minimum atomic E-state index is 0.0419. The van der Waals surface area contributed by atoms with Crippen molar-refractivity contribution in [3.05, 3.63) is 24.3 Å². The first kappa shape index (κ1) is 15.5. The second kappa shape index (κ2) is 6.60. The highest BCUT2D eigenvalue weighted by molar-refractivity contribution is 5.92. The average molecular weight is 262 g/mol. The van der Waals surface area contributed by atoms with Gasteiger partial charge in [0.05, 0.1) is 0 Å². The molecule has 0 saturated carbocycles. The van der Waals surface area contributed by atoms with Crippen molar-refractivity contribution in [2.75, 3.05) is 10.6 Å². The van der Waals surface area contributed by atoms with Gasteiger partial charge in [-0.25, -0.2) is 0 Å². The van der Waals surface area contributed by atoms with Gasteiger partial charge in [-0.1, -0.05) is 13.8 Å². The highest BCUT2D eigenvalue weighted by Crippen LogP contribution is 2.19. The third-order valence-corrected chi connectivity index (χ3v) is 3.03. The van der Waals surface area contributed by atoms with Crippen molar-refractivity contribution in [1.29, 1.82) is 0 Å². The van der Waals surface area contributed by atoms with Gasteiger partial charge in [0.2, 0.25) is 5.91 Å². The van der Waals surface area contributed by atoms with Gasteiger partial charge in [-0.05, 0) is 57.9 Å². The van der Waals surface area contributed by atoms with Crippen LogP contribution < -0.4 is 10.6 Å². The number of anilines is 2. The monoisotopic (exact) mass is 262 g/mol. The summed E-state index contributed by atoms with van der Waals surface area (Å²) in [5.41, 5.74) is 1.96. The van der Waals surface area contributed by atoms with E-state index in [9.17, 15) is 4.79 Å². The Morgan fingerprint density at radius 3 is 1.95 bits per heavy atom. The summed E-state index contributed by atoms with van der Waals surface area (Å²) in [5, 5.41) is 6.36. The summed E-state index contributed by atoms with van der Waals surface area (Å²) in [6, 6.07) is 7.87. The summed E-state index contributed by atoms with van der Waals surface area (Å²) < 4.78 is 0. The molecule has 0 aliphatic carbocycles. The summed E-state index contributed by atoms with van der Waals surface area (Å²) in [5.74, 6) is 0.217. The number of carbonyl (C=O) groups excluding carboxylic acids is 1.